The normalized spacial score (nSPS) is 16.0. The fraction of sp³-hybridized carbons (Fsp3) is 0.150. The number of anilines is 1. The number of rotatable bonds is 3. The zero-order valence-corrected chi connectivity index (χ0v) is 14.3. The van der Waals surface area contributed by atoms with Crippen molar-refractivity contribution in [3.05, 3.63) is 72.3 Å². The molecular weight excluding hydrogens is 345 g/mol. The number of ether oxygens (including phenoxy) is 1. The molecule has 0 saturated heterocycles. The summed E-state index contributed by atoms with van der Waals surface area (Å²) < 4.78 is 21.1. The van der Waals surface area contributed by atoms with Crippen LogP contribution in [0.1, 0.15) is 18.0 Å². The van der Waals surface area contributed by atoms with Gasteiger partial charge in [0.25, 0.3) is 5.78 Å². The van der Waals surface area contributed by atoms with Gasteiger partial charge in [-0.25, -0.2) is 9.37 Å². The van der Waals surface area contributed by atoms with Gasteiger partial charge in [-0.2, -0.15) is 14.6 Å². The van der Waals surface area contributed by atoms with E-state index in [2.05, 4.69) is 20.4 Å². The lowest BCUT2D eigenvalue weighted by Gasteiger charge is -2.27. The molecule has 0 aliphatic carbocycles. The van der Waals surface area contributed by atoms with Gasteiger partial charge in [0.1, 0.15) is 23.7 Å². The van der Waals surface area contributed by atoms with E-state index in [9.17, 15) is 4.39 Å². The van der Waals surface area contributed by atoms with E-state index in [-0.39, 0.29) is 11.9 Å². The number of halogens is 1. The Morgan fingerprint density at radius 3 is 2.89 bits per heavy atom. The third-order valence-electron chi connectivity index (χ3n) is 4.65. The van der Waals surface area contributed by atoms with Gasteiger partial charge in [-0.1, -0.05) is 30.3 Å². The summed E-state index contributed by atoms with van der Waals surface area (Å²) in [6, 6.07) is 16.3. The third-order valence-corrected chi connectivity index (χ3v) is 4.65. The smallest absolute Gasteiger partial charge is 0.254 e. The topological polar surface area (TPSA) is 64.3 Å². The Labute approximate surface area is 154 Å². The molecule has 0 fully saturated rings. The number of fused-ring (bicyclic) bond motifs is 2. The minimum absolute atomic E-state index is 0.0946. The van der Waals surface area contributed by atoms with E-state index < -0.39 is 0 Å². The van der Waals surface area contributed by atoms with Crippen molar-refractivity contribution in [2.75, 3.05) is 11.9 Å². The molecule has 1 unspecified atom stereocenters. The molecule has 1 aliphatic heterocycles. The molecule has 0 spiro atoms. The van der Waals surface area contributed by atoms with Gasteiger partial charge < -0.3 is 10.1 Å². The van der Waals surface area contributed by atoms with Crippen molar-refractivity contribution in [2.45, 2.75) is 12.5 Å². The first kappa shape index (κ1) is 15.7. The Kier molecular flexibility index (Phi) is 3.71. The number of hydrogen-bond donors (Lipinski definition) is 1. The van der Waals surface area contributed by atoms with Crippen molar-refractivity contribution in [3.8, 4) is 17.0 Å². The largest absolute Gasteiger partial charge is 0.493 e. The minimum atomic E-state index is -0.281. The molecule has 0 saturated carbocycles. The van der Waals surface area contributed by atoms with E-state index in [1.807, 2.05) is 36.4 Å². The third kappa shape index (κ3) is 2.87. The minimum Gasteiger partial charge on any atom is -0.493 e. The molecular formula is C20H16FN5O. The lowest BCUT2D eigenvalue weighted by atomic mass is 10.0. The zero-order valence-electron chi connectivity index (χ0n) is 14.3. The van der Waals surface area contributed by atoms with E-state index in [0.29, 0.717) is 18.1 Å². The maximum absolute atomic E-state index is 13.8. The molecule has 0 amide bonds. The second kappa shape index (κ2) is 6.35. The monoisotopic (exact) mass is 361 g/mol. The Bertz CT molecular complexity index is 1110. The average molecular weight is 361 g/mol. The van der Waals surface area contributed by atoms with Crippen LogP contribution in [0.25, 0.3) is 17.0 Å². The van der Waals surface area contributed by atoms with Gasteiger partial charge in [-0.05, 0) is 18.2 Å². The van der Waals surface area contributed by atoms with Gasteiger partial charge in [0.15, 0.2) is 0 Å². The van der Waals surface area contributed by atoms with E-state index >= 15 is 0 Å². The number of benzene rings is 2. The molecule has 3 heterocycles. The molecule has 1 N–H and O–H groups in total. The van der Waals surface area contributed by atoms with Crippen molar-refractivity contribution in [3.63, 3.8) is 0 Å². The first-order valence-corrected chi connectivity index (χ1v) is 8.73. The number of hydrogen-bond acceptors (Lipinski definition) is 5. The molecule has 0 radical (unpaired) electrons. The van der Waals surface area contributed by atoms with Crippen molar-refractivity contribution in [1.82, 2.24) is 19.6 Å². The molecule has 6 nitrogen and oxygen atoms in total. The summed E-state index contributed by atoms with van der Waals surface area (Å²) in [7, 11) is 0. The fourth-order valence-corrected chi connectivity index (χ4v) is 3.37. The van der Waals surface area contributed by atoms with Gasteiger partial charge in [0, 0.05) is 23.6 Å². The Morgan fingerprint density at radius 1 is 1.11 bits per heavy atom. The van der Waals surface area contributed by atoms with Crippen LogP contribution in [-0.4, -0.2) is 26.2 Å². The van der Waals surface area contributed by atoms with Gasteiger partial charge >= 0.3 is 0 Å². The number of nitrogens with zero attached hydrogens (tertiary/aromatic N) is 4. The van der Waals surface area contributed by atoms with Crippen LogP contribution in [0.4, 0.5) is 10.2 Å². The van der Waals surface area contributed by atoms with Crippen molar-refractivity contribution >= 4 is 11.6 Å². The number of nitrogens with one attached hydrogen (secondary N) is 1. The van der Waals surface area contributed by atoms with Gasteiger partial charge in [-0.3, -0.25) is 0 Å². The molecule has 2 aromatic heterocycles. The maximum atomic E-state index is 13.8. The highest BCUT2D eigenvalue weighted by Gasteiger charge is 2.23. The van der Waals surface area contributed by atoms with Crippen molar-refractivity contribution in [1.29, 1.82) is 0 Å². The van der Waals surface area contributed by atoms with Crippen LogP contribution in [0.2, 0.25) is 0 Å². The summed E-state index contributed by atoms with van der Waals surface area (Å²) in [5, 5.41) is 7.75. The predicted octanol–water partition coefficient (Wildman–Crippen LogP) is 3.87. The molecule has 5 rings (SSSR count). The Hall–Kier alpha value is -3.48. The Morgan fingerprint density at radius 2 is 2.00 bits per heavy atom. The Balaban J connectivity index is 1.58. The van der Waals surface area contributed by atoms with Gasteiger partial charge in [-0.15, -0.1) is 0 Å². The molecule has 4 aromatic rings. The lowest BCUT2D eigenvalue weighted by molar-refractivity contribution is 0.273. The highest BCUT2D eigenvalue weighted by atomic mass is 19.1. The summed E-state index contributed by atoms with van der Waals surface area (Å²) in [5.41, 5.74) is 2.59. The highest BCUT2D eigenvalue weighted by molar-refractivity contribution is 5.65. The van der Waals surface area contributed by atoms with E-state index in [1.54, 1.807) is 10.6 Å². The molecule has 7 heteroatoms. The van der Waals surface area contributed by atoms with E-state index in [0.717, 1.165) is 29.1 Å². The van der Waals surface area contributed by atoms with Crippen molar-refractivity contribution in [2.24, 2.45) is 0 Å². The number of aromatic nitrogens is 4. The molecule has 0 bridgehead atoms. The molecule has 134 valence electrons. The van der Waals surface area contributed by atoms with Crippen LogP contribution >= 0.6 is 0 Å². The van der Waals surface area contributed by atoms with Crippen LogP contribution < -0.4 is 10.1 Å². The first-order chi connectivity index (χ1) is 13.3. The summed E-state index contributed by atoms with van der Waals surface area (Å²) in [4.78, 5) is 8.82. The van der Waals surface area contributed by atoms with E-state index in [4.69, 9.17) is 4.74 Å². The first-order valence-electron chi connectivity index (χ1n) is 8.73. The summed E-state index contributed by atoms with van der Waals surface area (Å²) in [5.74, 6) is 1.67. The lowest BCUT2D eigenvalue weighted by Crippen LogP contribution is -2.22. The molecule has 2 aromatic carbocycles. The standard InChI is InChI=1S/C20H16FN5O/c21-14-6-7-18-15(10-14)16(8-9-27-18)24-19-11-17(13-4-2-1-3-5-13)25-20-22-12-23-26(19)20/h1-7,10-12,16,24H,8-9H2. The van der Waals surface area contributed by atoms with Crippen LogP contribution in [-0.2, 0) is 0 Å². The van der Waals surface area contributed by atoms with Gasteiger partial charge in [0.05, 0.1) is 18.3 Å². The van der Waals surface area contributed by atoms with Crippen LogP contribution in [0.5, 0.6) is 5.75 Å². The molecule has 1 atom stereocenters. The van der Waals surface area contributed by atoms with Crippen molar-refractivity contribution < 1.29 is 9.13 Å². The quantitative estimate of drug-likeness (QED) is 0.600. The summed E-state index contributed by atoms with van der Waals surface area (Å²) >= 11 is 0. The average Bonchev–Trinajstić information content (AvgIpc) is 3.18. The van der Waals surface area contributed by atoms with Crippen LogP contribution in [0, 0.1) is 5.82 Å². The molecule has 1 aliphatic rings. The fourth-order valence-electron chi connectivity index (χ4n) is 3.37. The molecule has 27 heavy (non-hydrogen) atoms. The maximum Gasteiger partial charge on any atom is 0.254 e. The second-order valence-corrected chi connectivity index (χ2v) is 6.38. The zero-order chi connectivity index (χ0) is 18.2. The SMILES string of the molecule is Fc1ccc2c(c1)C(Nc1cc(-c3ccccc3)nc3ncnn13)CCO2. The highest BCUT2D eigenvalue weighted by Crippen LogP contribution is 2.35. The summed E-state index contributed by atoms with van der Waals surface area (Å²) in [6.07, 6.45) is 2.19. The van der Waals surface area contributed by atoms with Crippen LogP contribution in [0.15, 0.2) is 60.9 Å². The van der Waals surface area contributed by atoms with Crippen LogP contribution in [0.3, 0.4) is 0 Å². The van der Waals surface area contributed by atoms with Gasteiger partial charge in [0.2, 0.25) is 0 Å². The summed E-state index contributed by atoms with van der Waals surface area (Å²) in [6.45, 7) is 0.563. The second-order valence-electron chi connectivity index (χ2n) is 6.38. The van der Waals surface area contributed by atoms with E-state index in [1.165, 1.54) is 18.5 Å². The predicted molar refractivity (Wildman–Crippen MR) is 99.1 cm³/mol.